The number of pyridine rings is 1. The molecule has 0 unspecified atom stereocenters. The molecule has 1 N–H and O–H groups in total. The van der Waals surface area contributed by atoms with Gasteiger partial charge in [-0.15, -0.1) is 0 Å². The summed E-state index contributed by atoms with van der Waals surface area (Å²) in [6, 6.07) is 23.3. The van der Waals surface area contributed by atoms with Crippen LogP contribution in [0.5, 0.6) is 11.5 Å². The molecular formula is C20H15NO2. The van der Waals surface area contributed by atoms with Gasteiger partial charge in [0.05, 0.1) is 11.2 Å². The summed E-state index contributed by atoms with van der Waals surface area (Å²) in [7, 11) is 0. The van der Waals surface area contributed by atoms with Crippen molar-refractivity contribution < 1.29 is 9.84 Å². The van der Waals surface area contributed by atoms with E-state index >= 15 is 0 Å². The van der Waals surface area contributed by atoms with Crippen LogP contribution in [-0.4, -0.2) is 10.1 Å². The SMILES string of the molecule is Oc1ccc2ccccc2c1OCc1ccc2ccccc2n1. The standard InChI is InChI=1S/C20H15NO2/c22-19-12-10-14-5-1-3-7-17(14)20(19)23-13-16-11-9-15-6-2-4-8-18(15)21-16/h1-12,22H,13H2. The van der Waals surface area contributed by atoms with Crippen molar-refractivity contribution in [2.75, 3.05) is 0 Å². The van der Waals surface area contributed by atoms with Crippen molar-refractivity contribution in [1.29, 1.82) is 0 Å². The number of nitrogens with zero attached hydrogens (tertiary/aromatic N) is 1. The van der Waals surface area contributed by atoms with Crippen molar-refractivity contribution in [3.8, 4) is 11.5 Å². The molecule has 0 fully saturated rings. The van der Waals surface area contributed by atoms with Crippen LogP contribution in [0.25, 0.3) is 21.7 Å². The summed E-state index contributed by atoms with van der Waals surface area (Å²) < 4.78 is 5.87. The van der Waals surface area contributed by atoms with Gasteiger partial charge in [0.25, 0.3) is 0 Å². The lowest BCUT2D eigenvalue weighted by Crippen LogP contribution is -1.99. The first kappa shape index (κ1) is 13.6. The van der Waals surface area contributed by atoms with Gasteiger partial charge >= 0.3 is 0 Å². The van der Waals surface area contributed by atoms with E-state index in [1.54, 1.807) is 6.07 Å². The highest BCUT2D eigenvalue weighted by Crippen LogP contribution is 2.35. The normalized spacial score (nSPS) is 11.0. The molecule has 0 spiro atoms. The fraction of sp³-hybridized carbons (Fsp3) is 0.0500. The molecule has 0 saturated carbocycles. The molecule has 4 rings (SSSR count). The molecule has 0 aliphatic rings. The zero-order valence-electron chi connectivity index (χ0n) is 12.4. The molecular weight excluding hydrogens is 286 g/mol. The molecule has 0 aliphatic heterocycles. The van der Waals surface area contributed by atoms with Gasteiger partial charge in [-0.2, -0.15) is 0 Å². The first-order valence-corrected chi connectivity index (χ1v) is 7.49. The second kappa shape index (κ2) is 5.61. The Balaban J connectivity index is 1.66. The van der Waals surface area contributed by atoms with Gasteiger partial charge in [-0.25, -0.2) is 4.98 Å². The lowest BCUT2D eigenvalue weighted by molar-refractivity contribution is 0.289. The van der Waals surface area contributed by atoms with Crippen LogP contribution < -0.4 is 4.74 Å². The van der Waals surface area contributed by atoms with Gasteiger partial charge in [-0.3, -0.25) is 0 Å². The summed E-state index contributed by atoms with van der Waals surface area (Å²) in [4.78, 5) is 4.59. The highest BCUT2D eigenvalue weighted by Gasteiger charge is 2.09. The molecule has 4 aromatic rings. The van der Waals surface area contributed by atoms with Gasteiger partial charge < -0.3 is 9.84 Å². The van der Waals surface area contributed by atoms with Crippen LogP contribution in [0.3, 0.4) is 0 Å². The van der Waals surface area contributed by atoms with Crippen molar-refractivity contribution in [2.45, 2.75) is 6.61 Å². The number of aromatic hydroxyl groups is 1. The number of phenols is 1. The minimum absolute atomic E-state index is 0.143. The van der Waals surface area contributed by atoms with Crippen LogP contribution in [0.15, 0.2) is 72.8 Å². The molecule has 23 heavy (non-hydrogen) atoms. The first-order chi connectivity index (χ1) is 11.3. The second-order valence-corrected chi connectivity index (χ2v) is 5.42. The molecule has 3 heteroatoms. The fourth-order valence-corrected chi connectivity index (χ4v) is 2.72. The van der Waals surface area contributed by atoms with Crippen molar-refractivity contribution >= 4 is 21.7 Å². The number of phenolic OH excluding ortho intramolecular Hbond substituents is 1. The minimum Gasteiger partial charge on any atom is -0.504 e. The maximum atomic E-state index is 10.1. The smallest absolute Gasteiger partial charge is 0.169 e. The van der Waals surface area contributed by atoms with E-state index in [0.29, 0.717) is 12.4 Å². The van der Waals surface area contributed by atoms with E-state index in [4.69, 9.17) is 4.74 Å². The third kappa shape index (κ3) is 2.57. The Morgan fingerprint density at radius 3 is 2.43 bits per heavy atom. The molecule has 0 saturated heterocycles. The van der Waals surface area contributed by atoms with Crippen LogP contribution >= 0.6 is 0 Å². The van der Waals surface area contributed by atoms with Crippen LogP contribution in [0, 0.1) is 0 Å². The molecule has 3 nitrogen and oxygen atoms in total. The highest BCUT2D eigenvalue weighted by atomic mass is 16.5. The Morgan fingerprint density at radius 1 is 0.783 bits per heavy atom. The molecule has 1 aromatic heterocycles. The molecule has 0 amide bonds. The lowest BCUT2D eigenvalue weighted by atomic mass is 10.1. The van der Waals surface area contributed by atoms with Gasteiger partial charge in [0.1, 0.15) is 6.61 Å². The number of aromatic nitrogens is 1. The molecule has 0 aliphatic carbocycles. The van der Waals surface area contributed by atoms with Gasteiger partial charge in [-0.1, -0.05) is 54.6 Å². The van der Waals surface area contributed by atoms with Crippen molar-refractivity contribution in [3.63, 3.8) is 0 Å². The zero-order valence-corrected chi connectivity index (χ0v) is 12.4. The minimum atomic E-state index is 0.143. The number of rotatable bonds is 3. The molecule has 1 heterocycles. The Bertz CT molecular complexity index is 995. The van der Waals surface area contributed by atoms with Crippen LogP contribution in [0.2, 0.25) is 0 Å². The Hall–Kier alpha value is -3.07. The third-order valence-electron chi connectivity index (χ3n) is 3.88. The average molecular weight is 301 g/mol. The Morgan fingerprint density at radius 2 is 1.52 bits per heavy atom. The fourth-order valence-electron chi connectivity index (χ4n) is 2.72. The monoisotopic (exact) mass is 301 g/mol. The van der Waals surface area contributed by atoms with Crippen molar-refractivity contribution in [2.24, 2.45) is 0 Å². The van der Waals surface area contributed by atoms with E-state index in [-0.39, 0.29) is 5.75 Å². The van der Waals surface area contributed by atoms with Crippen LogP contribution in [0.4, 0.5) is 0 Å². The summed E-state index contributed by atoms with van der Waals surface area (Å²) in [5.41, 5.74) is 1.77. The van der Waals surface area contributed by atoms with E-state index in [2.05, 4.69) is 4.98 Å². The lowest BCUT2D eigenvalue weighted by Gasteiger charge is -2.11. The predicted molar refractivity (Wildman–Crippen MR) is 91.7 cm³/mol. The Kier molecular flexibility index (Phi) is 3.31. The van der Waals surface area contributed by atoms with Gasteiger partial charge in [0.15, 0.2) is 11.5 Å². The van der Waals surface area contributed by atoms with E-state index in [9.17, 15) is 5.11 Å². The largest absolute Gasteiger partial charge is 0.504 e. The first-order valence-electron chi connectivity index (χ1n) is 7.49. The number of ether oxygens (including phenoxy) is 1. The predicted octanol–water partition coefficient (Wildman–Crippen LogP) is 4.67. The van der Waals surface area contributed by atoms with Crippen molar-refractivity contribution in [1.82, 2.24) is 4.98 Å². The van der Waals surface area contributed by atoms with Gasteiger partial charge in [-0.05, 0) is 23.6 Å². The number of hydrogen-bond donors (Lipinski definition) is 1. The summed E-state index contributed by atoms with van der Waals surface area (Å²) >= 11 is 0. The number of fused-ring (bicyclic) bond motifs is 2. The summed E-state index contributed by atoms with van der Waals surface area (Å²) in [5, 5.41) is 13.1. The molecule has 0 atom stereocenters. The zero-order chi connectivity index (χ0) is 15.6. The van der Waals surface area contributed by atoms with E-state index in [1.165, 1.54) is 0 Å². The maximum Gasteiger partial charge on any atom is 0.169 e. The average Bonchev–Trinajstić information content (AvgIpc) is 2.61. The van der Waals surface area contributed by atoms with Gasteiger partial charge in [0.2, 0.25) is 0 Å². The quantitative estimate of drug-likeness (QED) is 0.598. The van der Waals surface area contributed by atoms with Crippen LogP contribution in [0.1, 0.15) is 5.69 Å². The second-order valence-electron chi connectivity index (χ2n) is 5.42. The molecule has 0 radical (unpaired) electrons. The molecule has 3 aromatic carbocycles. The topological polar surface area (TPSA) is 42.4 Å². The number of hydrogen-bond acceptors (Lipinski definition) is 3. The van der Waals surface area contributed by atoms with E-state index in [0.717, 1.165) is 27.4 Å². The number of para-hydroxylation sites is 1. The summed E-state index contributed by atoms with van der Waals surface area (Å²) in [5.74, 6) is 0.641. The number of benzene rings is 3. The summed E-state index contributed by atoms with van der Waals surface area (Å²) in [6.07, 6.45) is 0. The van der Waals surface area contributed by atoms with E-state index in [1.807, 2.05) is 66.7 Å². The molecule has 0 bridgehead atoms. The molecule has 112 valence electrons. The van der Waals surface area contributed by atoms with Crippen molar-refractivity contribution in [3.05, 3.63) is 78.5 Å². The maximum absolute atomic E-state index is 10.1. The van der Waals surface area contributed by atoms with E-state index < -0.39 is 0 Å². The highest BCUT2D eigenvalue weighted by molar-refractivity contribution is 5.90. The third-order valence-corrected chi connectivity index (χ3v) is 3.88. The van der Waals surface area contributed by atoms with Crippen LogP contribution in [-0.2, 0) is 6.61 Å². The summed E-state index contributed by atoms with van der Waals surface area (Å²) in [6.45, 7) is 0.312. The Labute approximate surface area is 133 Å². The van der Waals surface area contributed by atoms with Gasteiger partial charge in [0, 0.05) is 10.8 Å².